The van der Waals surface area contributed by atoms with Crippen molar-refractivity contribution in [1.29, 1.82) is 0 Å². The average Bonchev–Trinajstić information content (AvgIpc) is 2.32. The van der Waals surface area contributed by atoms with E-state index in [0.717, 1.165) is 0 Å². The molecule has 0 aliphatic carbocycles. The SMILES string of the molecule is O=P(O)(O)C#Cc1cccs1. The first-order chi connectivity index (χ1) is 5.08. The Labute approximate surface area is 67.9 Å². The van der Waals surface area contributed by atoms with E-state index in [9.17, 15) is 4.57 Å². The van der Waals surface area contributed by atoms with Gasteiger partial charge in [0.1, 0.15) is 0 Å². The van der Waals surface area contributed by atoms with Gasteiger partial charge in [-0.2, -0.15) is 0 Å². The van der Waals surface area contributed by atoms with Crippen molar-refractivity contribution in [3.63, 3.8) is 0 Å². The summed E-state index contributed by atoms with van der Waals surface area (Å²) in [5.41, 5.74) is 1.85. The highest BCUT2D eigenvalue weighted by atomic mass is 32.1. The minimum absolute atomic E-state index is 0.660. The van der Waals surface area contributed by atoms with Crippen LogP contribution in [0.25, 0.3) is 0 Å². The van der Waals surface area contributed by atoms with Crippen LogP contribution in [-0.4, -0.2) is 9.79 Å². The van der Waals surface area contributed by atoms with Gasteiger partial charge in [-0.05, 0) is 17.4 Å². The smallest absolute Gasteiger partial charge is 0.315 e. The van der Waals surface area contributed by atoms with Gasteiger partial charge >= 0.3 is 7.60 Å². The van der Waals surface area contributed by atoms with Crippen molar-refractivity contribution in [1.82, 2.24) is 0 Å². The maximum atomic E-state index is 10.3. The van der Waals surface area contributed by atoms with Gasteiger partial charge in [-0.25, -0.2) is 4.57 Å². The predicted octanol–water partition coefficient (Wildman–Crippen LogP) is 1.23. The van der Waals surface area contributed by atoms with Crippen LogP contribution in [0, 0.1) is 11.6 Å². The summed E-state index contributed by atoms with van der Waals surface area (Å²) < 4.78 is 10.3. The number of thiophene rings is 1. The highest BCUT2D eigenvalue weighted by molar-refractivity contribution is 7.57. The van der Waals surface area contributed by atoms with Gasteiger partial charge in [0.15, 0.2) is 0 Å². The third kappa shape index (κ3) is 3.35. The van der Waals surface area contributed by atoms with Gasteiger partial charge in [0.25, 0.3) is 0 Å². The van der Waals surface area contributed by atoms with Gasteiger partial charge in [0.05, 0.1) is 4.88 Å². The molecule has 3 nitrogen and oxygen atoms in total. The van der Waals surface area contributed by atoms with E-state index in [1.165, 1.54) is 11.3 Å². The highest BCUT2D eigenvalue weighted by Crippen LogP contribution is 2.32. The Morgan fingerprint density at radius 3 is 2.73 bits per heavy atom. The first-order valence-corrected chi connectivity index (χ1v) is 5.19. The lowest BCUT2D eigenvalue weighted by Gasteiger charge is -1.86. The van der Waals surface area contributed by atoms with Crippen LogP contribution in [0.5, 0.6) is 0 Å². The number of hydrogen-bond acceptors (Lipinski definition) is 2. The minimum Gasteiger partial charge on any atom is -0.315 e. The molecule has 11 heavy (non-hydrogen) atoms. The zero-order valence-corrected chi connectivity index (χ0v) is 7.10. The summed E-state index contributed by atoms with van der Waals surface area (Å²) in [6.45, 7) is 0. The largest absolute Gasteiger partial charge is 0.400 e. The van der Waals surface area contributed by atoms with Gasteiger partial charge < -0.3 is 9.79 Å². The molecular weight excluding hydrogens is 183 g/mol. The van der Waals surface area contributed by atoms with Crippen molar-refractivity contribution in [2.75, 3.05) is 0 Å². The van der Waals surface area contributed by atoms with E-state index < -0.39 is 7.60 Å². The van der Waals surface area contributed by atoms with E-state index in [2.05, 4.69) is 5.92 Å². The Balaban J connectivity index is 2.82. The summed E-state index contributed by atoms with van der Waals surface area (Å²) in [6.07, 6.45) is 0. The van der Waals surface area contributed by atoms with E-state index >= 15 is 0 Å². The van der Waals surface area contributed by atoms with Gasteiger partial charge in [-0.15, -0.1) is 11.3 Å². The van der Waals surface area contributed by atoms with Gasteiger partial charge in [-0.3, -0.25) is 0 Å². The van der Waals surface area contributed by atoms with E-state index in [1.54, 1.807) is 17.5 Å². The quantitative estimate of drug-likeness (QED) is 0.475. The summed E-state index contributed by atoms with van der Waals surface area (Å²) in [7, 11) is -4.16. The van der Waals surface area contributed by atoms with Crippen LogP contribution in [-0.2, 0) is 4.57 Å². The molecule has 0 spiro atoms. The normalized spacial score (nSPS) is 10.4. The van der Waals surface area contributed by atoms with Crippen molar-refractivity contribution in [3.8, 4) is 11.6 Å². The standard InChI is InChI=1S/C6H5O3PS/c7-10(8,9)4-3-6-2-1-5-11-6/h1-2,5H,(H2,7,8,9). The first kappa shape index (κ1) is 8.51. The molecule has 2 N–H and O–H groups in total. The first-order valence-electron chi connectivity index (χ1n) is 2.70. The van der Waals surface area contributed by atoms with Crippen LogP contribution in [0.15, 0.2) is 17.5 Å². The topological polar surface area (TPSA) is 57.5 Å². The van der Waals surface area contributed by atoms with Crippen molar-refractivity contribution >= 4 is 18.9 Å². The molecular formula is C6H5O3PS. The lowest BCUT2D eigenvalue weighted by Crippen LogP contribution is -1.69. The molecule has 0 radical (unpaired) electrons. The fourth-order valence-electron chi connectivity index (χ4n) is 0.478. The summed E-state index contributed by atoms with van der Waals surface area (Å²) in [5, 5.41) is 1.80. The Morgan fingerprint density at radius 1 is 1.55 bits per heavy atom. The second-order valence-corrected chi connectivity index (χ2v) is 4.02. The van der Waals surface area contributed by atoms with E-state index in [0.29, 0.717) is 4.88 Å². The summed E-state index contributed by atoms with van der Waals surface area (Å²) in [5.74, 6) is 2.37. The molecule has 0 bridgehead atoms. The van der Waals surface area contributed by atoms with E-state index in [4.69, 9.17) is 9.79 Å². The molecule has 0 saturated carbocycles. The molecule has 1 heterocycles. The lowest BCUT2D eigenvalue weighted by atomic mass is 10.5. The fraction of sp³-hybridized carbons (Fsp3) is 0. The second-order valence-electron chi connectivity index (χ2n) is 1.76. The van der Waals surface area contributed by atoms with Crippen molar-refractivity contribution in [3.05, 3.63) is 22.4 Å². The van der Waals surface area contributed by atoms with Gasteiger partial charge in [0, 0.05) is 5.66 Å². The molecule has 0 unspecified atom stereocenters. The second kappa shape index (κ2) is 3.21. The zero-order valence-electron chi connectivity index (χ0n) is 5.39. The summed E-state index contributed by atoms with van der Waals surface area (Å²) in [6, 6.07) is 3.47. The van der Waals surface area contributed by atoms with Crippen LogP contribution >= 0.6 is 18.9 Å². The average molecular weight is 188 g/mol. The third-order valence-corrected chi connectivity index (χ3v) is 2.03. The molecule has 5 heteroatoms. The molecule has 58 valence electrons. The monoisotopic (exact) mass is 188 g/mol. The molecule has 0 atom stereocenters. The zero-order chi connectivity index (χ0) is 8.32. The number of hydrogen-bond donors (Lipinski definition) is 2. The molecule has 1 rings (SSSR count). The van der Waals surface area contributed by atoms with E-state index in [1.807, 2.05) is 5.66 Å². The summed E-state index contributed by atoms with van der Waals surface area (Å²) in [4.78, 5) is 17.4. The Kier molecular flexibility index (Phi) is 2.48. The molecule has 0 amide bonds. The van der Waals surface area contributed by atoms with E-state index in [-0.39, 0.29) is 0 Å². The molecule has 1 aromatic heterocycles. The number of rotatable bonds is 0. The van der Waals surface area contributed by atoms with Gasteiger partial charge in [0.2, 0.25) is 0 Å². The highest BCUT2D eigenvalue weighted by Gasteiger charge is 2.05. The van der Waals surface area contributed by atoms with Crippen molar-refractivity contribution in [2.45, 2.75) is 0 Å². The summed E-state index contributed by atoms with van der Waals surface area (Å²) >= 11 is 1.35. The fourth-order valence-corrected chi connectivity index (χ4v) is 1.39. The Morgan fingerprint density at radius 2 is 2.27 bits per heavy atom. The Hall–Kier alpha value is -0.590. The molecule has 1 aromatic rings. The molecule has 0 fully saturated rings. The predicted molar refractivity (Wildman–Crippen MR) is 43.2 cm³/mol. The lowest BCUT2D eigenvalue weighted by molar-refractivity contribution is 0.389. The Bertz CT molecular complexity index is 326. The molecule has 0 aliphatic heterocycles. The van der Waals surface area contributed by atoms with Crippen LogP contribution in [0.3, 0.4) is 0 Å². The third-order valence-electron chi connectivity index (χ3n) is 0.846. The van der Waals surface area contributed by atoms with Crippen LogP contribution < -0.4 is 0 Å². The van der Waals surface area contributed by atoms with Crippen LogP contribution in [0.1, 0.15) is 4.88 Å². The molecule has 0 aromatic carbocycles. The molecule has 0 saturated heterocycles. The minimum atomic E-state index is -4.16. The van der Waals surface area contributed by atoms with Crippen molar-refractivity contribution in [2.24, 2.45) is 0 Å². The maximum Gasteiger partial charge on any atom is 0.400 e. The van der Waals surface area contributed by atoms with Crippen LogP contribution in [0.4, 0.5) is 0 Å². The molecule has 0 aliphatic rings. The van der Waals surface area contributed by atoms with Crippen LogP contribution in [0.2, 0.25) is 0 Å². The maximum absolute atomic E-state index is 10.3. The van der Waals surface area contributed by atoms with Crippen molar-refractivity contribution < 1.29 is 14.4 Å². The van der Waals surface area contributed by atoms with Gasteiger partial charge in [-0.1, -0.05) is 6.07 Å².